The van der Waals surface area contributed by atoms with E-state index in [2.05, 4.69) is 131 Å². The Balaban J connectivity index is 1.68. The molecular formula is C34H28N2. The molecule has 0 radical (unpaired) electrons. The summed E-state index contributed by atoms with van der Waals surface area (Å²) in [6.07, 6.45) is 29.6. The van der Waals surface area contributed by atoms with Crippen molar-refractivity contribution in [3.8, 4) is 11.1 Å². The van der Waals surface area contributed by atoms with E-state index in [1.165, 1.54) is 49.1 Å². The van der Waals surface area contributed by atoms with Crippen LogP contribution in [0.2, 0.25) is 0 Å². The summed E-state index contributed by atoms with van der Waals surface area (Å²) in [5.74, 6) is 0. The van der Waals surface area contributed by atoms with Crippen LogP contribution in [-0.2, 0) is 6.54 Å². The predicted octanol–water partition coefficient (Wildman–Crippen LogP) is 7.45. The van der Waals surface area contributed by atoms with Gasteiger partial charge in [0.25, 0.3) is 0 Å². The van der Waals surface area contributed by atoms with Gasteiger partial charge in [-0.2, -0.15) is 0 Å². The summed E-state index contributed by atoms with van der Waals surface area (Å²) in [5.41, 5.74) is 6.07. The number of anilines is 2. The van der Waals surface area contributed by atoms with Crippen molar-refractivity contribution in [3.05, 3.63) is 132 Å². The maximum absolute atomic E-state index is 3.73. The van der Waals surface area contributed by atoms with Crippen molar-refractivity contribution >= 4 is 45.2 Å². The molecule has 0 spiro atoms. The number of aromatic nitrogens is 1. The molecule has 1 aliphatic heterocycles. The van der Waals surface area contributed by atoms with Crippen molar-refractivity contribution in [2.45, 2.75) is 13.5 Å². The van der Waals surface area contributed by atoms with Gasteiger partial charge in [0.1, 0.15) is 0 Å². The highest BCUT2D eigenvalue weighted by Crippen LogP contribution is 2.44. The Morgan fingerprint density at radius 2 is 1.50 bits per heavy atom. The maximum Gasteiger partial charge on any atom is 0.0515 e. The number of allylic oxidation sites excluding steroid dienone is 12. The summed E-state index contributed by atoms with van der Waals surface area (Å²) in [6, 6.07) is 17.8. The number of rotatable bonds is 3. The minimum absolute atomic E-state index is 0.790. The van der Waals surface area contributed by atoms with E-state index in [0.29, 0.717) is 0 Å². The van der Waals surface area contributed by atoms with E-state index < -0.39 is 0 Å². The number of nitrogens with zero attached hydrogens (tertiary/aromatic N) is 1. The second-order valence-corrected chi connectivity index (χ2v) is 8.99. The molecule has 0 bridgehead atoms. The monoisotopic (exact) mass is 464 g/mol. The van der Waals surface area contributed by atoms with Gasteiger partial charge in [-0.25, -0.2) is 0 Å². The van der Waals surface area contributed by atoms with Gasteiger partial charge in [0.05, 0.1) is 5.52 Å². The highest BCUT2D eigenvalue weighted by atomic mass is 15.0. The standard InChI is InChI=1S/C34H28N2/c1-2-3-4-13-22-36-32-21-12-10-8-6-5-7-9-11-18-26(32)29-23-28-27-19-14-16-25-17-15-20-30(34(25)27)35-31(28)24-33(29)36/h2-21,23-24,35H,22H2,1H3/b3-2-,6-5?,7-5-,8-6-,9-7?,10-8?,11-9+,12-10+,13-4-,18-11?,21-12?,26-18-,32-21+. The lowest BCUT2D eigenvalue weighted by molar-refractivity contribution is 0.831. The number of fused-ring (bicyclic) bond motifs is 5. The highest BCUT2D eigenvalue weighted by molar-refractivity contribution is 6.13. The SMILES string of the molecule is C/C=C\C=C/Cn1c2/c(c3cc4c(cc31)Nc1cccc3cccc-4c13)=C\C=C\C=C/C=C\C=C\C=2. The van der Waals surface area contributed by atoms with Crippen LogP contribution in [0.15, 0.2) is 121 Å². The molecule has 2 heteroatoms. The zero-order valence-corrected chi connectivity index (χ0v) is 20.4. The Bertz CT molecular complexity index is 1780. The van der Waals surface area contributed by atoms with Gasteiger partial charge >= 0.3 is 0 Å². The van der Waals surface area contributed by atoms with Gasteiger partial charge in [-0.15, -0.1) is 0 Å². The Kier molecular flexibility index (Phi) is 5.85. The van der Waals surface area contributed by atoms with Gasteiger partial charge in [0, 0.05) is 44.8 Å². The molecule has 1 N–H and O–H groups in total. The molecule has 36 heavy (non-hydrogen) atoms. The van der Waals surface area contributed by atoms with Crippen LogP contribution in [0, 0.1) is 0 Å². The molecule has 3 aromatic carbocycles. The first-order chi connectivity index (χ1) is 17.8. The van der Waals surface area contributed by atoms with Gasteiger partial charge in [-0.05, 0) is 42.1 Å². The minimum atomic E-state index is 0.790. The summed E-state index contributed by atoms with van der Waals surface area (Å²) < 4.78 is 2.41. The van der Waals surface area contributed by atoms with Crippen LogP contribution in [-0.4, -0.2) is 4.57 Å². The molecule has 0 amide bonds. The van der Waals surface area contributed by atoms with E-state index in [4.69, 9.17) is 0 Å². The largest absolute Gasteiger partial charge is 0.354 e. The van der Waals surface area contributed by atoms with Crippen LogP contribution in [0.1, 0.15) is 6.92 Å². The van der Waals surface area contributed by atoms with E-state index >= 15 is 0 Å². The van der Waals surface area contributed by atoms with Gasteiger partial charge in [-0.3, -0.25) is 0 Å². The minimum Gasteiger partial charge on any atom is -0.354 e. The normalized spacial score (nSPS) is 19.8. The van der Waals surface area contributed by atoms with Crippen LogP contribution < -0.4 is 15.9 Å². The average molecular weight is 465 g/mol. The Labute approximate surface area is 211 Å². The van der Waals surface area contributed by atoms with Crippen LogP contribution in [0.5, 0.6) is 0 Å². The zero-order chi connectivity index (χ0) is 24.3. The summed E-state index contributed by atoms with van der Waals surface area (Å²) >= 11 is 0. The molecule has 0 saturated carbocycles. The Morgan fingerprint density at radius 3 is 2.31 bits per heavy atom. The van der Waals surface area contributed by atoms with Crippen molar-refractivity contribution < 1.29 is 0 Å². The number of hydrogen-bond acceptors (Lipinski definition) is 1. The number of benzene rings is 3. The quantitative estimate of drug-likeness (QED) is 0.274. The van der Waals surface area contributed by atoms with E-state index in [1.54, 1.807) is 0 Å². The topological polar surface area (TPSA) is 17.0 Å². The fraction of sp³-hybridized carbons (Fsp3) is 0.0588. The van der Waals surface area contributed by atoms with Crippen molar-refractivity contribution in [3.63, 3.8) is 0 Å². The van der Waals surface area contributed by atoms with Gasteiger partial charge in [0.2, 0.25) is 0 Å². The molecule has 0 unspecified atom stereocenters. The summed E-state index contributed by atoms with van der Waals surface area (Å²) in [5, 5.41) is 9.98. The molecule has 1 aliphatic carbocycles. The molecule has 6 rings (SSSR count). The van der Waals surface area contributed by atoms with E-state index in [0.717, 1.165) is 12.2 Å². The first-order valence-electron chi connectivity index (χ1n) is 12.5. The Hall–Kier alpha value is -4.56. The third-order valence-corrected chi connectivity index (χ3v) is 6.77. The zero-order valence-electron chi connectivity index (χ0n) is 20.4. The number of hydrogen-bond donors (Lipinski definition) is 1. The van der Waals surface area contributed by atoms with Crippen LogP contribution in [0.3, 0.4) is 0 Å². The average Bonchev–Trinajstić information content (AvgIpc) is 3.17. The molecule has 2 aliphatic rings. The molecule has 2 nitrogen and oxygen atoms in total. The lowest BCUT2D eigenvalue weighted by Gasteiger charge is -2.23. The Morgan fingerprint density at radius 1 is 0.750 bits per heavy atom. The molecular weight excluding hydrogens is 436 g/mol. The van der Waals surface area contributed by atoms with Crippen molar-refractivity contribution in [2.75, 3.05) is 5.32 Å². The molecule has 4 aromatic rings. The molecule has 174 valence electrons. The smallest absolute Gasteiger partial charge is 0.0515 e. The molecule has 0 atom stereocenters. The number of nitrogens with one attached hydrogen (secondary N) is 1. The summed E-state index contributed by atoms with van der Waals surface area (Å²) in [7, 11) is 0. The molecule has 1 aromatic heterocycles. The first-order valence-corrected chi connectivity index (χ1v) is 12.5. The van der Waals surface area contributed by atoms with Crippen molar-refractivity contribution in [2.24, 2.45) is 0 Å². The van der Waals surface area contributed by atoms with Crippen molar-refractivity contribution in [1.29, 1.82) is 0 Å². The van der Waals surface area contributed by atoms with Gasteiger partial charge in [-0.1, -0.05) is 109 Å². The fourth-order valence-corrected chi connectivity index (χ4v) is 5.17. The van der Waals surface area contributed by atoms with E-state index in [9.17, 15) is 0 Å². The van der Waals surface area contributed by atoms with Gasteiger partial charge < -0.3 is 9.88 Å². The molecule has 0 saturated heterocycles. The van der Waals surface area contributed by atoms with Gasteiger partial charge in [0.15, 0.2) is 0 Å². The first kappa shape index (κ1) is 21.9. The highest BCUT2D eigenvalue weighted by Gasteiger charge is 2.20. The fourth-order valence-electron chi connectivity index (χ4n) is 5.17. The van der Waals surface area contributed by atoms with E-state index in [-0.39, 0.29) is 0 Å². The molecule has 0 fully saturated rings. The van der Waals surface area contributed by atoms with Crippen LogP contribution in [0.4, 0.5) is 11.4 Å². The third-order valence-electron chi connectivity index (χ3n) is 6.77. The summed E-state index contributed by atoms with van der Waals surface area (Å²) in [4.78, 5) is 0. The lowest BCUT2D eigenvalue weighted by atomic mass is 9.91. The third kappa shape index (κ3) is 3.87. The van der Waals surface area contributed by atoms with E-state index in [1.807, 2.05) is 19.1 Å². The van der Waals surface area contributed by atoms with Crippen LogP contribution >= 0.6 is 0 Å². The second-order valence-electron chi connectivity index (χ2n) is 8.99. The molecule has 2 heterocycles. The maximum atomic E-state index is 3.73. The lowest BCUT2D eigenvalue weighted by Crippen LogP contribution is -2.28. The summed E-state index contributed by atoms with van der Waals surface area (Å²) in [6.45, 7) is 2.83. The predicted molar refractivity (Wildman–Crippen MR) is 157 cm³/mol. The van der Waals surface area contributed by atoms with Crippen molar-refractivity contribution in [1.82, 2.24) is 4.57 Å². The second kappa shape index (κ2) is 9.59. The van der Waals surface area contributed by atoms with Crippen LogP contribution in [0.25, 0.3) is 45.0 Å².